The van der Waals surface area contributed by atoms with Gasteiger partial charge >= 0.3 is 5.97 Å². The van der Waals surface area contributed by atoms with Crippen molar-refractivity contribution < 1.29 is 22.3 Å². The minimum atomic E-state index is -3.46. The van der Waals surface area contributed by atoms with E-state index < -0.39 is 16.0 Å². The number of aryl methyl sites for hydroxylation is 1. The Morgan fingerprint density at radius 1 is 1.12 bits per heavy atom. The molecule has 5 nitrogen and oxygen atoms in total. The molecule has 0 spiro atoms. The van der Waals surface area contributed by atoms with Crippen molar-refractivity contribution in [3.05, 3.63) is 65.5 Å². The molecular formula is C17H18FNO4S. The van der Waals surface area contributed by atoms with Crippen LogP contribution in [-0.4, -0.2) is 21.4 Å². The van der Waals surface area contributed by atoms with Gasteiger partial charge in [-0.25, -0.2) is 17.5 Å². The van der Waals surface area contributed by atoms with Gasteiger partial charge < -0.3 is 4.74 Å². The molecule has 0 aliphatic heterocycles. The first-order valence-electron chi connectivity index (χ1n) is 7.33. The van der Waals surface area contributed by atoms with Crippen molar-refractivity contribution in [3.8, 4) is 0 Å². The van der Waals surface area contributed by atoms with Crippen molar-refractivity contribution in [3.63, 3.8) is 0 Å². The minimum absolute atomic E-state index is 0.0238. The maximum Gasteiger partial charge on any atom is 0.306 e. The van der Waals surface area contributed by atoms with E-state index >= 15 is 0 Å². The Morgan fingerprint density at radius 3 is 2.46 bits per heavy atom. The fraction of sp³-hybridized carbons (Fsp3) is 0.235. The quantitative estimate of drug-likeness (QED) is 0.778. The maximum absolute atomic E-state index is 13.0. The zero-order chi connectivity index (χ0) is 17.6. The lowest BCUT2D eigenvalue weighted by Gasteiger charge is -2.06. The summed E-state index contributed by atoms with van der Waals surface area (Å²) in [5.41, 5.74) is 1.41. The van der Waals surface area contributed by atoms with Gasteiger partial charge in [0.05, 0.1) is 4.90 Å². The molecule has 7 heteroatoms. The van der Waals surface area contributed by atoms with Gasteiger partial charge in [0.2, 0.25) is 10.0 Å². The number of esters is 1. The second kappa shape index (κ2) is 8.03. The summed E-state index contributed by atoms with van der Waals surface area (Å²) >= 11 is 0. The lowest BCUT2D eigenvalue weighted by atomic mass is 10.1. The number of rotatable bonds is 7. The van der Waals surface area contributed by atoms with Crippen LogP contribution in [-0.2, 0) is 32.6 Å². The lowest BCUT2D eigenvalue weighted by molar-refractivity contribution is -0.144. The number of ether oxygens (including phenoxy) is 1. The number of hydrogen-bond acceptors (Lipinski definition) is 4. The van der Waals surface area contributed by atoms with Gasteiger partial charge in [0.1, 0.15) is 12.4 Å². The molecule has 0 heterocycles. The largest absolute Gasteiger partial charge is 0.461 e. The van der Waals surface area contributed by atoms with Crippen LogP contribution >= 0.6 is 0 Å². The average molecular weight is 351 g/mol. The third kappa shape index (κ3) is 5.14. The van der Waals surface area contributed by atoms with Crippen molar-refractivity contribution >= 4 is 16.0 Å². The van der Waals surface area contributed by atoms with Crippen LogP contribution in [0, 0.1) is 5.82 Å². The molecule has 0 saturated heterocycles. The van der Waals surface area contributed by atoms with Crippen LogP contribution < -0.4 is 4.72 Å². The van der Waals surface area contributed by atoms with E-state index in [1.54, 1.807) is 24.3 Å². The first-order valence-corrected chi connectivity index (χ1v) is 8.81. The van der Waals surface area contributed by atoms with E-state index in [0.29, 0.717) is 12.0 Å². The van der Waals surface area contributed by atoms with E-state index in [1.807, 2.05) is 0 Å². The number of carbonyl (C=O) groups excluding carboxylic acids is 1. The Bertz CT molecular complexity index is 804. The highest BCUT2D eigenvalue weighted by Gasteiger charge is 2.11. The molecule has 0 atom stereocenters. The first kappa shape index (κ1) is 18.1. The second-order valence-electron chi connectivity index (χ2n) is 5.14. The van der Waals surface area contributed by atoms with Gasteiger partial charge in [0.25, 0.3) is 0 Å². The molecular weight excluding hydrogens is 333 g/mol. The molecule has 0 radical (unpaired) electrons. The average Bonchev–Trinajstić information content (AvgIpc) is 2.58. The third-order valence-corrected chi connectivity index (χ3v) is 4.84. The zero-order valence-electron chi connectivity index (χ0n) is 13.2. The van der Waals surface area contributed by atoms with Crippen molar-refractivity contribution in [2.24, 2.45) is 0 Å². The molecule has 0 amide bonds. The summed E-state index contributed by atoms with van der Waals surface area (Å²) < 4.78 is 43.6. The summed E-state index contributed by atoms with van der Waals surface area (Å²) in [6.07, 6.45) is 0.593. The summed E-state index contributed by atoms with van der Waals surface area (Å²) in [6, 6.07) is 12.2. The van der Waals surface area contributed by atoms with E-state index in [9.17, 15) is 17.6 Å². The monoisotopic (exact) mass is 351 g/mol. The standard InChI is InChI=1S/C17H18FNO4S/c1-19-24(21,22)16-8-5-13(6-9-16)7-10-17(20)23-12-14-3-2-4-15(18)11-14/h2-6,8-9,11,19H,7,10,12H2,1H3. The van der Waals surface area contributed by atoms with Crippen molar-refractivity contribution in [2.45, 2.75) is 24.3 Å². The number of hydrogen-bond donors (Lipinski definition) is 1. The Labute approximate surface area is 140 Å². The van der Waals surface area contributed by atoms with E-state index in [-0.39, 0.29) is 23.7 Å². The first-order chi connectivity index (χ1) is 11.4. The van der Waals surface area contributed by atoms with E-state index in [0.717, 1.165) is 5.56 Å². The van der Waals surface area contributed by atoms with Gasteiger partial charge in [-0.1, -0.05) is 24.3 Å². The van der Waals surface area contributed by atoms with Gasteiger partial charge in [-0.15, -0.1) is 0 Å². The molecule has 1 N–H and O–H groups in total. The highest BCUT2D eigenvalue weighted by Crippen LogP contribution is 2.12. The van der Waals surface area contributed by atoms with Crippen molar-refractivity contribution in [1.29, 1.82) is 0 Å². The fourth-order valence-electron chi connectivity index (χ4n) is 2.06. The van der Waals surface area contributed by atoms with Crippen LogP contribution in [0.4, 0.5) is 4.39 Å². The SMILES string of the molecule is CNS(=O)(=O)c1ccc(CCC(=O)OCc2cccc(F)c2)cc1. The normalized spacial score (nSPS) is 11.2. The van der Waals surface area contributed by atoms with Gasteiger partial charge in [0.15, 0.2) is 0 Å². The molecule has 0 saturated carbocycles. The summed E-state index contributed by atoms with van der Waals surface area (Å²) in [7, 11) is -2.12. The van der Waals surface area contributed by atoms with Gasteiger partial charge in [-0.2, -0.15) is 0 Å². The Hall–Kier alpha value is -2.25. The minimum Gasteiger partial charge on any atom is -0.461 e. The topological polar surface area (TPSA) is 72.5 Å². The van der Waals surface area contributed by atoms with Crippen LogP contribution in [0.15, 0.2) is 53.4 Å². The molecule has 0 unspecified atom stereocenters. The fourth-order valence-corrected chi connectivity index (χ4v) is 2.79. The number of carbonyl (C=O) groups is 1. The summed E-state index contributed by atoms with van der Waals surface area (Å²) in [5.74, 6) is -0.772. The molecule has 2 aromatic carbocycles. The predicted molar refractivity (Wildman–Crippen MR) is 87.2 cm³/mol. The number of nitrogens with one attached hydrogen (secondary N) is 1. The second-order valence-corrected chi connectivity index (χ2v) is 7.03. The number of sulfonamides is 1. The van der Waals surface area contributed by atoms with E-state index in [1.165, 1.54) is 31.3 Å². The summed E-state index contributed by atoms with van der Waals surface area (Å²) in [4.78, 5) is 11.9. The lowest BCUT2D eigenvalue weighted by Crippen LogP contribution is -2.18. The van der Waals surface area contributed by atoms with E-state index in [4.69, 9.17) is 4.74 Å². The molecule has 0 bridgehead atoms. The molecule has 0 aliphatic carbocycles. The van der Waals surface area contributed by atoms with Crippen LogP contribution in [0.3, 0.4) is 0 Å². The maximum atomic E-state index is 13.0. The highest BCUT2D eigenvalue weighted by molar-refractivity contribution is 7.89. The van der Waals surface area contributed by atoms with Crippen molar-refractivity contribution in [2.75, 3.05) is 7.05 Å². The molecule has 2 aromatic rings. The van der Waals surface area contributed by atoms with E-state index in [2.05, 4.69) is 4.72 Å². The molecule has 128 valence electrons. The molecule has 0 aromatic heterocycles. The Balaban J connectivity index is 1.83. The third-order valence-electron chi connectivity index (χ3n) is 3.41. The molecule has 2 rings (SSSR count). The predicted octanol–water partition coefficient (Wildman–Crippen LogP) is 2.41. The summed E-state index contributed by atoms with van der Waals surface area (Å²) in [6.45, 7) is 0.0238. The van der Waals surface area contributed by atoms with Crippen LogP contribution in [0.25, 0.3) is 0 Å². The van der Waals surface area contributed by atoms with Crippen LogP contribution in [0.2, 0.25) is 0 Å². The number of benzene rings is 2. The Kier molecular flexibility index (Phi) is 6.05. The number of halogens is 1. The van der Waals surface area contributed by atoms with Crippen LogP contribution in [0.5, 0.6) is 0 Å². The van der Waals surface area contributed by atoms with Crippen LogP contribution in [0.1, 0.15) is 17.5 Å². The zero-order valence-corrected chi connectivity index (χ0v) is 14.0. The Morgan fingerprint density at radius 2 is 1.83 bits per heavy atom. The van der Waals surface area contributed by atoms with Gasteiger partial charge in [-0.05, 0) is 48.9 Å². The molecule has 0 aliphatic rings. The van der Waals surface area contributed by atoms with Crippen molar-refractivity contribution in [1.82, 2.24) is 4.72 Å². The van der Waals surface area contributed by atoms with Gasteiger partial charge in [-0.3, -0.25) is 4.79 Å². The molecule has 0 fully saturated rings. The highest BCUT2D eigenvalue weighted by atomic mass is 32.2. The summed E-state index contributed by atoms with van der Waals surface area (Å²) in [5, 5.41) is 0. The smallest absolute Gasteiger partial charge is 0.306 e. The molecule has 24 heavy (non-hydrogen) atoms. The van der Waals surface area contributed by atoms with Gasteiger partial charge in [0, 0.05) is 6.42 Å².